The Bertz CT molecular complexity index is 552. The van der Waals surface area contributed by atoms with Crippen LogP contribution in [0.1, 0.15) is 30.7 Å². The number of amides is 1. The molecule has 1 heterocycles. The molecule has 1 aromatic heterocycles. The molecule has 0 bridgehead atoms. The molecule has 0 aliphatic rings. The summed E-state index contributed by atoms with van der Waals surface area (Å²) in [5.74, 6) is 0.730. The summed E-state index contributed by atoms with van der Waals surface area (Å²) in [6, 6.07) is 11.3. The molecular weight excluding hydrogens is 284 g/mol. The summed E-state index contributed by atoms with van der Waals surface area (Å²) in [6.07, 6.45) is 1.22. The maximum Gasteiger partial charge on any atom is 0.223 e. The van der Waals surface area contributed by atoms with Crippen molar-refractivity contribution in [2.24, 2.45) is 0 Å². The molecule has 0 aliphatic heterocycles. The van der Waals surface area contributed by atoms with Crippen LogP contribution in [-0.2, 0) is 4.79 Å². The van der Waals surface area contributed by atoms with Gasteiger partial charge in [-0.05, 0) is 42.1 Å². The molecule has 3 N–H and O–H groups in total. The van der Waals surface area contributed by atoms with E-state index in [1.54, 1.807) is 35.6 Å². The number of nitrogens with one attached hydrogen (secondary N) is 1. The van der Waals surface area contributed by atoms with Gasteiger partial charge in [0.1, 0.15) is 5.75 Å². The first-order valence-electron chi connectivity index (χ1n) is 7.00. The van der Waals surface area contributed by atoms with Crippen molar-refractivity contribution < 1.29 is 9.53 Å². The third-order valence-electron chi connectivity index (χ3n) is 3.11. The Balaban J connectivity index is 1.75. The van der Waals surface area contributed by atoms with Gasteiger partial charge < -0.3 is 15.8 Å². The minimum atomic E-state index is 0.00527. The molecule has 112 valence electrons. The number of hydrogen-bond acceptors (Lipinski definition) is 4. The fourth-order valence-corrected chi connectivity index (χ4v) is 2.82. The maximum absolute atomic E-state index is 11.9. The average molecular weight is 304 g/mol. The third kappa shape index (κ3) is 4.79. The van der Waals surface area contributed by atoms with Gasteiger partial charge in [-0.2, -0.15) is 0 Å². The van der Waals surface area contributed by atoms with Crippen molar-refractivity contribution in [2.75, 3.05) is 12.3 Å². The molecule has 1 unspecified atom stereocenters. The molecule has 0 saturated heterocycles. The predicted octanol–water partition coefficient (Wildman–Crippen LogP) is 3.37. The van der Waals surface area contributed by atoms with Gasteiger partial charge in [0.2, 0.25) is 5.91 Å². The second-order valence-corrected chi connectivity index (χ2v) is 5.69. The largest absolute Gasteiger partial charge is 0.493 e. The Labute approximate surface area is 128 Å². The van der Waals surface area contributed by atoms with Crippen molar-refractivity contribution >= 4 is 22.9 Å². The minimum Gasteiger partial charge on any atom is -0.493 e. The van der Waals surface area contributed by atoms with Crippen LogP contribution in [0.4, 0.5) is 5.69 Å². The molecular formula is C16H20N2O2S. The number of benzene rings is 1. The van der Waals surface area contributed by atoms with Gasteiger partial charge in [0.25, 0.3) is 0 Å². The van der Waals surface area contributed by atoms with Crippen molar-refractivity contribution in [3.05, 3.63) is 46.7 Å². The van der Waals surface area contributed by atoms with E-state index in [-0.39, 0.29) is 11.9 Å². The van der Waals surface area contributed by atoms with Gasteiger partial charge in [-0.15, -0.1) is 11.3 Å². The van der Waals surface area contributed by atoms with Crippen molar-refractivity contribution in [3.8, 4) is 5.75 Å². The zero-order valence-corrected chi connectivity index (χ0v) is 12.9. The highest BCUT2D eigenvalue weighted by Crippen LogP contribution is 2.21. The summed E-state index contributed by atoms with van der Waals surface area (Å²) in [4.78, 5) is 13.1. The summed E-state index contributed by atoms with van der Waals surface area (Å²) in [5.41, 5.74) is 6.30. The highest BCUT2D eigenvalue weighted by Gasteiger charge is 2.13. The summed E-state index contributed by atoms with van der Waals surface area (Å²) in [6.45, 7) is 2.42. The number of carbonyl (C=O) groups excluding carboxylic acids is 1. The van der Waals surface area contributed by atoms with Crippen molar-refractivity contribution in [2.45, 2.75) is 25.8 Å². The quantitative estimate of drug-likeness (QED) is 0.771. The average Bonchev–Trinajstić information content (AvgIpc) is 3.01. The number of hydrogen-bond donors (Lipinski definition) is 2. The second-order valence-electron chi connectivity index (χ2n) is 4.71. The maximum atomic E-state index is 11.9. The Morgan fingerprint density at radius 2 is 2.10 bits per heavy atom. The number of carbonyl (C=O) groups is 1. The van der Waals surface area contributed by atoms with Crippen molar-refractivity contribution in [1.82, 2.24) is 5.32 Å². The lowest BCUT2D eigenvalue weighted by Gasteiger charge is -2.15. The van der Waals surface area contributed by atoms with Crippen LogP contribution in [0.15, 0.2) is 41.8 Å². The molecule has 2 rings (SSSR count). The van der Waals surface area contributed by atoms with Gasteiger partial charge in [-0.25, -0.2) is 0 Å². The first kappa shape index (κ1) is 15.4. The molecule has 4 nitrogen and oxygen atoms in total. The number of nitrogen functional groups attached to an aromatic ring is 1. The van der Waals surface area contributed by atoms with Gasteiger partial charge in [-0.3, -0.25) is 4.79 Å². The van der Waals surface area contributed by atoms with E-state index < -0.39 is 0 Å². The van der Waals surface area contributed by atoms with Crippen molar-refractivity contribution in [3.63, 3.8) is 0 Å². The normalized spacial score (nSPS) is 11.9. The lowest BCUT2D eigenvalue weighted by molar-refractivity contribution is -0.122. The van der Waals surface area contributed by atoms with E-state index in [1.807, 2.05) is 17.5 Å². The van der Waals surface area contributed by atoms with Crippen LogP contribution < -0.4 is 15.8 Å². The van der Waals surface area contributed by atoms with E-state index >= 15 is 0 Å². The predicted molar refractivity (Wildman–Crippen MR) is 86.5 cm³/mol. The Morgan fingerprint density at radius 3 is 2.71 bits per heavy atom. The van der Waals surface area contributed by atoms with E-state index in [0.29, 0.717) is 18.7 Å². The van der Waals surface area contributed by atoms with Crippen LogP contribution in [0.25, 0.3) is 0 Å². The standard InChI is InChI=1S/C16H20N2O2S/c1-2-14(15-4-3-11-21-15)18-16(19)9-10-20-13-7-5-12(17)6-8-13/h3-8,11,14H,2,9-10,17H2,1H3,(H,18,19). The van der Waals surface area contributed by atoms with Gasteiger partial charge in [0, 0.05) is 10.6 Å². The fraction of sp³-hybridized carbons (Fsp3) is 0.312. The summed E-state index contributed by atoms with van der Waals surface area (Å²) in [7, 11) is 0. The highest BCUT2D eigenvalue weighted by molar-refractivity contribution is 7.10. The molecule has 1 amide bonds. The van der Waals surface area contributed by atoms with E-state index in [9.17, 15) is 4.79 Å². The van der Waals surface area contributed by atoms with E-state index in [0.717, 1.165) is 12.2 Å². The lowest BCUT2D eigenvalue weighted by Crippen LogP contribution is -2.28. The third-order valence-corrected chi connectivity index (χ3v) is 4.09. The molecule has 1 aromatic carbocycles. The smallest absolute Gasteiger partial charge is 0.223 e. The topological polar surface area (TPSA) is 64.3 Å². The van der Waals surface area contributed by atoms with E-state index in [2.05, 4.69) is 12.2 Å². The van der Waals surface area contributed by atoms with E-state index in [1.165, 1.54) is 4.88 Å². The molecule has 0 fully saturated rings. The van der Waals surface area contributed by atoms with Crippen LogP contribution in [0.2, 0.25) is 0 Å². The molecule has 5 heteroatoms. The summed E-state index contributed by atoms with van der Waals surface area (Å²) in [5, 5.41) is 5.06. The molecule has 0 saturated carbocycles. The lowest BCUT2D eigenvalue weighted by atomic mass is 10.2. The first-order chi connectivity index (χ1) is 10.2. The molecule has 0 radical (unpaired) electrons. The molecule has 21 heavy (non-hydrogen) atoms. The zero-order valence-electron chi connectivity index (χ0n) is 12.0. The SMILES string of the molecule is CCC(NC(=O)CCOc1ccc(N)cc1)c1cccs1. The minimum absolute atomic E-state index is 0.00527. The number of ether oxygens (including phenoxy) is 1. The monoisotopic (exact) mass is 304 g/mol. The number of thiophene rings is 1. The van der Waals surface area contributed by atoms with Gasteiger partial charge >= 0.3 is 0 Å². The van der Waals surface area contributed by atoms with Crippen LogP contribution in [-0.4, -0.2) is 12.5 Å². The van der Waals surface area contributed by atoms with E-state index in [4.69, 9.17) is 10.5 Å². The second kappa shape index (κ2) is 7.69. The van der Waals surface area contributed by atoms with Gasteiger partial charge in [0.05, 0.1) is 19.1 Å². The molecule has 1 atom stereocenters. The van der Waals surface area contributed by atoms with Crippen LogP contribution >= 0.6 is 11.3 Å². The first-order valence-corrected chi connectivity index (χ1v) is 7.88. The zero-order chi connectivity index (χ0) is 15.1. The van der Waals surface area contributed by atoms with Crippen LogP contribution in [0.3, 0.4) is 0 Å². The van der Waals surface area contributed by atoms with Gasteiger partial charge in [0.15, 0.2) is 0 Å². The Hall–Kier alpha value is -2.01. The molecule has 0 aliphatic carbocycles. The van der Waals surface area contributed by atoms with Crippen LogP contribution in [0.5, 0.6) is 5.75 Å². The number of nitrogens with two attached hydrogens (primary N) is 1. The number of rotatable bonds is 7. The number of anilines is 1. The molecule has 0 spiro atoms. The Morgan fingerprint density at radius 1 is 1.33 bits per heavy atom. The summed E-state index contributed by atoms with van der Waals surface area (Å²) >= 11 is 1.66. The molecule has 2 aromatic rings. The van der Waals surface area contributed by atoms with Gasteiger partial charge in [-0.1, -0.05) is 13.0 Å². The summed E-state index contributed by atoms with van der Waals surface area (Å²) < 4.78 is 5.52. The highest BCUT2D eigenvalue weighted by atomic mass is 32.1. The fourth-order valence-electron chi connectivity index (χ4n) is 1.96. The Kier molecular flexibility index (Phi) is 5.63. The van der Waals surface area contributed by atoms with Crippen LogP contribution in [0, 0.1) is 0 Å². The van der Waals surface area contributed by atoms with Crippen molar-refractivity contribution in [1.29, 1.82) is 0 Å².